The van der Waals surface area contributed by atoms with E-state index in [0.717, 1.165) is 17.4 Å². The summed E-state index contributed by atoms with van der Waals surface area (Å²) in [5, 5.41) is 0. The highest BCUT2D eigenvalue weighted by atomic mass is 32.2. The van der Waals surface area contributed by atoms with E-state index < -0.39 is 15.9 Å². The standard InChI is InChI=1S/C17H17FN2O3S/c1-24(22,23)20-12-4-7-15(17(19)21)16(9-12)14-5-2-10-8-11(18)3-6-13(10)14/h3-4,6-9,14,20H,2,5H2,1H3,(H2,19,21). The lowest BCUT2D eigenvalue weighted by Crippen LogP contribution is -2.17. The summed E-state index contributed by atoms with van der Waals surface area (Å²) < 4.78 is 38.7. The molecule has 126 valence electrons. The van der Waals surface area contributed by atoms with E-state index in [2.05, 4.69) is 4.72 Å². The topological polar surface area (TPSA) is 89.3 Å². The van der Waals surface area contributed by atoms with Crippen molar-refractivity contribution in [2.24, 2.45) is 5.73 Å². The molecule has 24 heavy (non-hydrogen) atoms. The summed E-state index contributed by atoms with van der Waals surface area (Å²) in [7, 11) is -3.43. The molecule has 2 aromatic rings. The van der Waals surface area contributed by atoms with E-state index in [1.165, 1.54) is 24.3 Å². The Morgan fingerprint density at radius 3 is 2.62 bits per heavy atom. The normalized spacial score (nSPS) is 16.7. The molecule has 0 radical (unpaired) electrons. The predicted octanol–water partition coefficient (Wildman–Crippen LogP) is 2.37. The summed E-state index contributed by atoms with van der Waals surface area (Å²) in [4.78, 5) is 11.8. The lowest BCUT2D eigenvalue weighted by molar-refractivity contribution is 0.0999. The van der Waals surface area contributed by atoms with Crippen LogP contribution in [-0.4, -0.2) is 20.6 Å². The third kappa shape index (κ3) is 3.26. The van der Waals surface area contributed by atoms with Crippen LogP contribution >= 0.6 is 0 Å². The molecule has 2 aromatic carbocycles. The zero-order valence-corrected chi connectivity index (χ0v) is 13.9. The van der Waals surface area contributed by atoms with Gasteiger partial charge in [0.2, 0.25) is 15.9 Å². The first-order valence-corrected chi connectivity index (χ1v) is 9.33. The van der Waals surface area contributed by atoms with Crippen LogP contribution in [-0.2, 0) is 16.4 Å². The van der Waals surface area contributed by atoms with E-state index in [-0.39, 0.29) is 11.7 Å². The number of fused-ring (bicyclic) bond motifs is 1. The highest BCUT2D eigenvalue weighted by Gasteiger charge is 2.27. The highest BCUT2D eigenvalue weighted by Crippen LogP contribution is 2.40. The van der Waals surface area contributed by atoms with E-state index in [0.29, 0.717) is 29.7 Å². The first-order valence-electron chi connectivity index (χ1n) is 7.44. The molecule has 1 amide bonds. The van der Waals surface area contributed by atoms with Crippen LogP contribution in [0, 0.1) is 5.82 Å². The Morgan fingerprint density at radius 2 is 1.96 bits per heavy atom. The van der Waals surface area contributed by atoms with Crippen LogP contribution < -0.4 is 10.5 Å². The average molecular weight is 348 g/mol. The van der Waals surface area contributed by atoms with Crippen LogP contribution in [0.25, 0.3) is 0 Å². The van der Waals surface area contributed by atoms with Gasteiger partial charge in [-0.05, 0) is 59.9 Å². The van der Waals surface area contributed by atoms with Crippen molar-refractivity contribution in [2.75, 3.05) is 11.0 Å². The van der Waals surface area contributed by atoms with E-state index in [4.69, 9.17) is 5.73 Å². The molecule has 0 bridgehead atoms. The molecule has 1 unspecified atom stereocenters. The molecule has 3 rings (SSSR count). The lowest BCUT2D eigenvalue weighted by atomic mass is 9.89. The number of nitrogens with one attached hydrogen (secondary N) is 1. The van der Waals surface area contributed by atoms with Gasteiger partial charge in [-0.2, -0.15) is 0 Å². The number of aryl methyl sites for hydroxylation is 1. The van der Waals surface area contributed by atoms with E-state index >= 15 is 0 Å². The van der Waals surface area contributed by atoms with Crippen molar-refractivity contribution >= 4 is 21.6 Å². The molecular weight excluding hydrogens is 331 g/mol. The fraction of sp³-hybridized carbons (Fsp3) is 0.235. The van der Waals surface area contributed by atoms with Crippen molar-refractivity contribution in [1.82, 2.24) is 0 Å². The zero-order valence-electron chi connectivity index (χ0n) is 13.0. The molecule has 0 aliphatic heterocycles. The largest absolute Gasteiger partial charge is 0.366 e. The van der Waals surface area contributed by atoms with Gasteiger partial charge in [0.25, 0.3) is 0 Å². The molecule has 0 saturated heterocycles. The third-order valence-corrected chi connectivity index (χ3v) is 4.78. The number of rotatable bonds is 4. The van der Waals surface area contributed by atoms with E-state index in [9.17, 15) is 17.6 Å². The van der Waals surface area contributed by atoms with Gasteiger partial charge in [0.05, 0.1) is 6.26 Å². The number of hydrogen-bond acceptors (Lipinski definition) is 3. The molecule has 0 heterocycles. The fourth-order valence-corrected chi connectivity index (χ4v) is 3.82. The average Bonchev–Trinajstić information content (AvgIpc) is 2.87. The van der Waals surface area contributed by atoms with Gasteiger partial charge in [0, 0.05) is 17.2 Å². The Morgan fingerprint density at radius 1 is 1.21 bits per heavy atom. The molecule has 0 aromatic heterocycles. The molecule has 3 N–H and O–H groups in total. The van der Waals surface area contributed by atoms with Crippen LogP contribution in [0.4, 0.5) is 10.1 Å². The molecule has 0 fully saturated rings. The monoisotopic (exact) mass is 348 g/mol. The summed E-state index contributed by atoms with van der Waals surface area (Å²) in [5.41, 5.74) is 8.67. The summed E-state index contributed by atoms with van der Waals surface area (Å²) in [5.74, 6) is -0.993. The molecule has 1 aliphatic carbocycles. The number of sulfonamides is 1. The lowest BCUT2D eigenvalue weighted by Gasteiger charge is -2.17. The fourth-order valence-electron chi connectivity index (χ4n) is 3.26. The summed E-state index contributed by atoms with van der Waals surface area (Å²) in [6.45, 7) is 0. The second-order valence-corrected chi connectivity index (χ2v) is 7.72. The van der Waals surface area contributed by atoms with Crippen LogP contribution in [0.3, 0.4) is 0 Å². The number of carbonyl (C=O) groups excluding carboxylic acids is 1. The van der Waals surface area contributed by atoms with E-state index in [1.807, 2.05) is 0 Å². The maximum Gasteiger partial charge on any atom is 0.249 e. The molecule has 1 atom stereocenters. The van der Waals surface area contributed by atoms with Crippen LogP contribution in [0.2, 0.25) is 0 Å². The van der Waals surface area contributed by atoms with Gasteiger partial charge in [0.1, 0.15) is 5.82 Å². The van der Waals surface area contributed by atoms with Crippen LogP contribution in [0.1, 0.15) is 39.4 Å². The maximum atomic E-state index is 13.4. The Hall–Kier alpha value is -2.41. The van der Waals surface area contributed by atoms with Crippen LogP contribution in [0.5, 0.6) is 0 Å². The highest BCUT2D eigenvalue weighted by molar-refractivity contribution is 7.92. The number of carbonyl (C=O) groups is 1. The molecule has 5 nitrogen and oxygen atoms in total. The minimum atomic E-state index is -3.43. The van der Waals surface area contributed by atoms with Gasteiger partial charge in [-0.3, -0.25) is 9.52 Å². The Kier molecular flexibility index (Phi) is 4.04. The zero-order chi connectivity index (χ0) is 17.5. The minimum absolute atomic E-state index is 0.121. The second kappa shape index (κ2) is 5.90. The van der Waals surface area contributed by atoms with Gasteiger partial charge in [-0.25, -0.2) is 12.8 Å². The van der Waals surface area contributed by atoms with E-state index in [1.54, 1.807) is 12.1 Å². The van der Waals surface area contributed by atoms with Crippen molar-refractivity contribution in [2.45, 2.75) is 18.8 Å². The summed E-state index contributed by atoms with van der Waals surface area (Å²) in [6, 6.07) is 9.25. The van der Waals surface area contributed by atoms with Crippen molar-refractivity contribution in [1.29, 1.82) is 0 Å². The minimum Gasteiger partial charge on any atom is -0.366 e. The first-order chi connectivity index (χ1) is 11.2. The maximum absolute atomic E-state index is 13.4. The Labute approximate surface area is 139 Å². The predicted molar refractivity (Wildman–Crippen MR) is 90.0 cm³/mol. The van der Waals surface area contributed by atoms with Crippen LogP contribution in [0.15, 0.2) is 36.4 Å². The number of benzene rings is 2. The van der Waals surface area contributed by atoms with Gasteiger partial charge in [-0.15, -0.1) is 0 Å². The molecular formula is C17H17FN2O3S. The number of nitrogens with two attached hydrogens (primary N) is 1. The quantitative estimate of drug-likeness (QED) is 0.889. The van der Waals surface area contributed by atoms with Gasteiger partial charge in [0.15, 0.2) is 0 Å². The Bertz CT molecular complexity index is 925. The van der Waals surface area contributed by atoms with Crippen molar-refractivity contribution in [3.63, 3.8) is 0 Å². The van der Waals surface area contributed by atoms with Gasteiger partial charge >= 0.3 is 0 Å². The molecule has 0 saturated carbocycles. The summed E-state index contributed by atoms with van der Waals surface area (Å²) >= 11 is 0. The number of amides is 1. The second-order valence-electron chi connectivity index (χ2n) is 5.97. The smallest absolute Gasteiger partial charge is 0.249 e. The SMILES string of the molecule is CS(=O)(=O)Nc1ccc(C(N)=O)c(C2CCc3cc(F)ccc32)c1. The number of hydrogen-bond donors (Lipinski definition) is 2. The van der Waals surface area contributed by atoms with Gasteiger partial charge in [-0.1, -0.05) is 6.07 Å². The molecule has 1 aliphatic rings. The van der Waals surface area contributed by atoms with Crippen molar-refractivity contribution < 1.29 is 17.6 Å². The van der Waals surface area contributed by atoms with Crippen molar-refractivity contribution in [3.8, 4) is 0 Å². The molecule has 0 spiro atoms. The Balaban J connectivity index is 2.10. The molecule has 7 heteroatoms. The number of anilines is 1. The summed E-state index contributed by atoms with van der Waals surface area (Å²) in [6.07, 6.45) is 2.46. The number of halogens is 1. The first kappa shape index (κ1) is 16.4. The van der Waals surface area contributed by atoms with Crippen molar-refractivity contribution in [3.05, 3.63) is 64.5 Å². The number of primary amides is 1. The van der Waals surface area contributed by atoms with Gasteiger partial charge < -0.3 is 5.73 Å². The third-order valence-electron chi connectivity index (χ3n) is 4.18.